The van der Waals surface area contributed by atoms with Crippen molar-refractivity contribution in [3.8, 4) is 5.75 Å². The molecule has 0 aliphatic carbocycles. The summed E-state index contributed by atoms with van der Waals surface area (Å²) in [6.07, 6.45) is 1.61. The number of halogens is 1. The summed E-state index contributed by atoms with van der Waals surface area (Å²) >= 11 is 0. The Labute approximate surface area is 133 Å². The van der Waals surface area contributed by atoms with Gasteiger partial charge in [0.1, 0.15) is 11.6 Å². The van der Waals surface area contributed by atoms with Gasteiger partial charge in [-0.3, -0.25) is 4.79 Å². The Bertz CT molecular complexity index is 926. The number of methoxy groups -OCH3 is 1. The van der Waals surface area contributed by atoms with Crippen LogP contribution in [0.2, 0.25) is 0 Å². The normalized spacial score (nSPS) is 10.7. The summed E-state index contributed by atoms with van der Waals surface area (Å²) in [6.45, 7) is 4.10. The summed E-state index contributed by atoms with van der Waals surface area (Å²) in [4.78, 5) is 12.7. The van der Waals surface area contributed by atoms with Gasteiger partial charge in [0.15, 0.2) is 0 Å². The minimum absolute atomic E-state index is 0.103. The van der Waals surface area contributed by atoms with E-state index in [0.29, 0.717) is 17.6 Å². The number of aromatic nitrogens is 1. The molecule has 0 aliphatic rings. The van der Waals surface area contributed by atoms with E-state index >= 15 is 0 Å². The quantitative estimate of drug-likeness (QED) is 0.733. The number of ether oxygens (including phenoxy) is 1. The van der Waals surface area contributed by atoms with Gasteiger partial charge < -0.3 is 9.30 Å². The highest BCUT2D eigenvalue weighted by Crippen LogP contribution is 2.18. The molecule has 0 fully saturated rings. The Morgan fingerprint density at radius 1 is 1.22 bits per heavy atom. The number of fused-ring (bicyclic) bond motifs is 1. The molecule has 3 rings (SSSR count). The maximum Gasteiger partial charge on any atom is 0.262 e. The van der Waals surface area contributed by atoms with E-state index in [1.54, 1.807) is 31.4 Å². The number of hydrogen-bond acceptors (Lipinski definition) is 2. The molecular formula is C19H16FNO2. The molecule has 4 heteroatoms. The fraction of sp³-hybridized carbons (Fsp3) is 0.105. The van der Waals surface area contributed by atoms with E-state index in [1.165, 1.54) is 10.6 Å². The summed E-state index contributed by atoms with van der Waals surface area (Å²) in [5.74, 6) is 0.237. The van der Waals surface area contributed by atoms with Gasteiger partial charge in [-0.05, 0) is 41.3 Å². The van der Waals surface area contributed by atoms with Gasteiger partial charge in [-0.15, -0.1) is 0 Å². The average molecular weight is 309 g/mol. The molecule has 0 radical (unpaired) electrons. The predicted octanol–water partition coefficient (Wildman–Crippen LogP) is 3.84. The molecule has 23 heavy (non-hydrogen) atoms. The van der Waals surface area contributed by atoms with Crippen LogP contribution in [0.25, 0.3) is 16.8 Å². The van der Waals surface area contributed by atoms with Crippen molar-refractivity contribution in [2.75, 3.05) is 7.11 Å². The molecule has 1 aromatic heterocycles. The van der Waals surface area contributed by atoms with Crippen molar-refractivity contribution in [1.29, 1.82) is 0 Å². The lowest BCUT2D eigenvalue weighted by Crippen LogP contribution is -2.23. The SMILES string of the molecule is C=Cc1cc2cccc(F)c2c(=O)n1Cc1ccc(OC)cc1. The summed E-state index contributed by atoms with van der Waals surface area (Å²) in [6, 6.07) is 13.8. The fourth-order valence-corrected chi connectivity index (χ4v) is 2.62. The van der Waals surface area contributed by atoms with Crippen molar-refractivity contribution in [2.45, 2.75) is 6.54 Å². The van der Waals surface area contributed by atoms with Crippen LogP contribution in [0.1, 0.15) is 11.3 Å². The van der Waals surface area contributed by atoms with Gasteiger partial charge in [0, 0.05) is 5.69 Å². The lowest BCUT2D eigenvalue weighted by molar-refractivity contribution is 0.414. The van der Waals surface area contributed by atoms with Crippen LogP contribution in [0, 0.1) is 5.82 Å². The Morgan fingerprint density at radius 3 is 2.61 bits per heavy atom. The highest BCUT2D eigenvalue weighted by atomic mass is 19.1. The second kappa shape index (κ2) is 6.08. The summed E-state index contributed by atoms with van der Waals surface area (Å²) < 4.78 is 20.7. The van der Waals surface area contributed by atoms with E-state index in [4.69, 9.17) is 4.74 Å². The van der Waals surface area contributed by atoms with Gasteiger partial charge in [0.2, 0.25) is 0 Å². The topological polar surface area (TPSA) is 31.2 Å². The summed E-state index contributed by atoms with van der Waals surface area (Å²) in [5, 5.41) is 0.683. The molecule has 0 aliphatic heterocycles. The van der Waals surface area contributed by atoms with Crippen LogP contribution in [-0.4, -0.2) is 11.7 Å². The molecule has 116 valence electrons. The van der Waals surface area contributed by atoms with Crippen molar-refractivity contribution in [3.05, 3.63) is 82.5 Å². The van der Waals surface area contributed by atoms with E-state index in [1.807, 2.05) is 24.3 Å². The molecule has 0 spiro atoms. The van der Waals surface area contributed by atoms with Gasteiger partial charge in [-0.1, -0.05) is 30.8 Å². The predicted molar refractivity (Wildman–Crippen MR) is 90.4 cm³/mol. The number of nitrogens with zero attached hydrogens (tertiary/aromatic N) is 1. The zero-order chi connectivity index (χ0) is 16.4. The van der Waals surface area contributed by atoms with Crippen LogP contribution in [-0.2, 0) is 6.54 Å². The van der Waals surface area contributed by atoms with Crippen LogP contribution in [0.15, 0.2) is 59.9 Å². The van der Waals surface area contributed by atoms with E-state index in [0.717, 1.165) is 11.3 Å². The van der Waals surface area contributed by atoms with E-state index in [9.17, 15) is 9.18 Å². The smallest absolute Gasteiger partial charge is 0.262 e. The van der Waals surface area contributed by atoms with Crippen molar-refractivity contribution >= 4 is 16.8 Å². The first-order valence-electron chi connectivity index (χ1n) is 7.21. The van der Waals surface area contributed by atoms with Crippen LogP contribution in [0.5, 0.6) is 5.75 Å². The Hall–Kier alpha value is -2.88. The molecule has 2 aromatic carbocycles. The first kappa shape index (κ1) is 15.0. The average Bonchev–Trinajstić information content (AvgIpc) is 2.57. The fourth-order valence-electron chi connectivity index (χ4n) is 2.62. The molecule has 0 saturated carbocycles. The lowest BCUT2D eigenvalue weighted by atomic mass is 10.1. The molecule has 0 N–H and O–H groups in total. The van der Waals surface area contributed by atoms with Gasteiger partial charge >= 0.3 is 0 Å². The minimum atomic E-state index is -0.508. The summed E-state index contributed by atoms with van der Waals surface area (Å²) in [7, 11) is 1.60. The molecule has 0 unspecified atom stereocenters. The molecule has 3 aromatic rings. The molecule has 0 saturated heterocycles. The third-order valence-electron chi connectivity index (χ3n) is 3.83. The third kappa shape index (κ3) is 2.75. The monoisotopic (exact) mass is 309 g/mol. The van der Waals surface area contributed by atoms with E-state index in [2.05, 4.69) is 6.58 Å². The van der Waals surface area contributed by atoms with Gasteiger partial charge in [-0.2, -0.15) is 0 Å². The first-order chi connectivity index (χ1) is 11.1. The van der Waals surface area contributed by atoms with E-state index in [-0.39, 0.29) is 10.9 Å². The maximum absolute atomic E-state index is 14.0. The molecule has 3 nitrogen and oxygen atoms in total. The Balaban J connectivity index is 2.15. The van der Waals surface area contributed by atoms with Crippen LogP contribution >= 0.6 is 0 Å². The minimum Gasteiger partial charge on any atom is -0.497 e. The second-order valence-electron chi connectivity index (χ2n) is 5.22. The van der Waals surface area contributed by atoms with E-state index < -0.39 is 5.82 Å². The molecule has 0 amide bonds. The molecule has 1 heterocycles. The Kier molecular flexibility index (Phi) is 3.98. The first-order valence-corrected chi connectivity index (χ1v) is 7.21. The standard InChI is InChI=1S/C19H16FNO2/c1-3-15-11-14-5-4-6-17(20)18(14)19(22)21(15)12-13-7-9-16(23-2)10-8-13/h3-11H,1,12H2,2H3. The van der Waals surface area contributed by atoms with Crippen molar-refractivity contribution < 1.29 is 9.13 Å². The number of rotatable bonds is 4. The van der Waals surface area contributed by atoms with Crippen molar-refractivity contribution in [3.63, 3.8) is 0 Å². The molecule has 0 atom stereocenters. The zero-order valence-corrected chi connectivity index (χ0v) is 12.8. The zero-order valence-electron chi connectivity index (χ0n) is 12.8. The van der Waals surface area contributed by atoms with Gasteiger partial charge in [-0.25, -0.2) is 4.39 Å². The van der Waals surface area contributed by atoms with Crippen LogP contribution in [0.4, 0.5) is 4.39 Å². The largest absolute Gasteiger partial charge is 0.497 e. The van der Waals surface area contributed by atoms with Crippen LogP contribution < -0.4 is 10.3 Å². The number of pyridine rings is 1. The second-order valence-corrected chi connectivity index (χ2v) is 5.22. The highest BCUT2D eigenvalue weighted by molar-refractivity contribution is 5.83. The third-order valence-corrected chi connectivity index (χ3v) is 3.83. The number of benzene rings is 2. The molecule has 0 bridgehead atoms. The van der Waals surface area contributed by atoms with Crippen molar-refractivity contribution in [2.24, 2.45) is 0 Å². The van der Waals surface area contributed by atoms with Crippen LogP contribution in [0.3, 0.4) is 0 Å². The lowest BCUT2D eigenvalue weighted by Gasteiger charge is -2.13. The highest BCUT2D eigenvalue weighted by Gasteiger charge is 2.11. The van der Waals surface area contributed by atoms with Gasteiger partial charge in [0.25, 0.3) is 5.56 Å². The molecular weight excluding hydrogens is 293 g/mol. The number of hydrogen-bond donors (Lipinski definition) is 0. The Morgan fingerprint density at radius 2 is 1.96 bits per heavy atom. The maximum atomic E-state index is 14.0. The van der Waals surface area contributed by atoms with Gasteiger partial charge in [0.05, 0.1) is 19.0 Å². The van der Waals surface area contributed by atoms with Crippen molar-refractivity contribution in [1.82, 2.24) is 4.57 Å². The summed E-state index contributed by atoms with van der Waals surface area (Å²) in [5.41, 5.74) is 1.22.